The van der Waals surface area contributed by atoms with Crippen molar-refractivity contribution >= 4 is 45.0 Å². The van der Waals surface area contributed by atoms with Gasteiger partial charge in [-0.1, -0.05) is 17.7 Å². The Labute approximate surface area is 191 Å². The van der Waals surface area contributed by atoms with E-state index in [1.54, 1.807) is 36.4 Å². The van der Waals surface area contributed by atoms with Gasteiger partial charge in [-0.2, -0.15) is 0 Å². The Morgan fingerprint density at radius 3 is 1.97 bits per heavy atom. The lowest BCUT2D eigenvalue weighted by Crippen LogP contribution is -2.33. The molecule has 3 rings (SSSR count). The van der Waals surface area contributed by atoms with Gasteiger partial charge in [0, 0.05) is 30.8 Å². The van der Waals surface area contributed by atoms with E-state index in [1.807, 2.05) is 6.92 Å². The van der Waals surface area contributed by atoms with Gasteiger partial charge in [0.2, 0.25) is 17.7 Å². The zero-order valence-corrected chi connectivity index (χ0v) is 18.8. The predicted molar refractivity (Wildman–Crippen MR) is 121 cm³/mol. The van der Waals surface area contributed by atoms with Crippen LogP contribution in [-0.2, 0) is 24.2 Å². The minimum atomic E-state index is -3.56. The van der Waals surface area contributed by atoms with Gasteiger partial charge in [0.05, 0.1) is 17.2 Å². The summed E-state index contributed by atoms with van der Waals surface area (Å²) in [5.41, 5.74) is 1.86. The number of amides is 5. The van der Waals surface area contributed by atoms with Crippen LogP contribution in [0.2, 0.25) is 0 Å². The lowest BCUT2D eigenvalue weighted by atomic mass is 10.2. The van der Waals surface area contributed by atoms with Crippen molar-refractivity contribution in [1.29, 1.82) is 0 Å². The number of nitrogens with zero attached hydrogens (tertiary/aromatic N) is 1. The van der Waals surface area contributed by atoms with E-state index < -0.39 is 21.8 Å². The van der Waals surface area contributed by atoms with Crippen LogP contribution in [0.3, 0.4) is 0 Å². The summed E-state index contributed by atoms with van der Waals surface area (Å²) in [6, 6.07) is 12.2. The van der Waals surface area contributed by atoms with E-state index in [0.29, 0.717) is 11.4 Å². The highest BCUT2D eigenvalue weighted by atomic mass is 32.2. The third-order valence-corrected chi connectivity index (χ3v) is 6.66. The summed E-state index contributed by atoms with van der Waals surface area (Å²) in [5, 5.41) is 7.65. The smallest absolute Gasteiger partial charge is 0.324 e. The number of anilines is 2. The lowest BCUT2D eigenvalue weighted by Gasteiger charge is -2.12. The summed E-state index contributed by atoms with van der Waals surface area (Å²) in [5.74, 6) is -1.51. The van der Waals surface area contributed by atoms with Gasteiger partial charge in [-0.15, -0.1) is 0 Å². The largest absolute Gasteiger partial charge is 0.329 e. The molecule has 11 heteroatoms. The molecule has 2 aromatic rings. The van der Waals surface area contributed by atoms with Crippen molar-refractivity contribution in [3.63, 3.8) is 0 Å². The van der Waals surface area contributed by atoms with Crippen LogP contribution in [0.15, 0.2) is 53.4 Å². The van der Waals surface area contributed by atoms with Crippen molar-refractivity contribution in [3.8, 4) is 0 Å². The summed E-state index contributed by atoms with van der Waals surface area (Å²) in [6.45, 7) is 1.78. The molecule has 174 valence electrons. The monoisotopic (exact) mass is 472 g/mol. The molecule has 0 spiro atoms. The molecule has 1 heterocycles. The standard InChI is InChI=1S/C22H24N4O6S/c1-15-2-8-18(9-3-15)33(31,32)13-11-20(28)25-17-6-4-16(5-7-17)24-19(27)10-12-26-21(29)14-23-22(26)30/h2-9H,10-14H2,1H3,(H,23,30)(H,24,27)(H,25,28). The van der Waals surface area contributed by atoms with E-state index in [4.69, 9.17) is 0 Å². The van der Waals surface area contributed by atoms with Crippen LogP contribution in [-0.4, -0.2) is 55.9 Å². The van der Waals surface area contributed by atoms with Crippen LogP contribution in [0.4, 0.5) is 16.2 Å². The zero-order chi connectivity index (χ0) is 24.0. The van der Waals surface area contributed by atoms with E-state index in [-0.39, 0.29) is 48.4 Å². The number of benzene rings is 2. The van der Waals surface area contributed by atoms with E-state index in [9.17, 15) is 27.6 Å². The van der Waals surface area contributed by atoms with Gasteiger partial charge in [0.25, 0.3) is 0 Å². The Balaban J connectivity index is 1.45. The van der Waals surface area contributed by atoms with Crippen molar-refractivity contribution in [2.24, 2.45) is 0 Å². The molecule has 0 saturated carbocycles. The molecule has 0 aromatic heterocycles. The van der Waals surface area contributed by atoms with Gasteiger partial charge in [-0.25, -0.2) is 13.2 Å². The first-order valence-corrected chi connectivity index (χ1v) is 11.9. The second-order valence-corrected chi connectivity index (χ2v) is 9.62. The first-order valence-electron chi connectivity index (χ1n) is 10.2. The molecule has 0 unspecified atom stereocenters. The number of hydrogen-bond donors (Lipinski definition) is 3. The number of nitrogens with one attached hydrogen (secondary N) is 3. The number of hydrogen-bond acceptors (Lipinski definition) is 6. The quantitative estimate of drug-likeness (QED) is 0.474. The Hall–Kier alpha value is -3.73. The molecule has 33 heavy (non-hydrogen) atoms. The van der Waals surface area contributed by atoms with Gasteiger partial charge in [0.1, 0.15) is 0 Å². The topological polar surface area (TPSA) is 142 Å². The number of imide groups is 1. The molecule has 0 aliphatic carbocycles. The molecule has 1 aliphatic heterocycles. The third-order valence-electron chi connectivity index (χ3n) is 4.93. The molecule has 1 aliphatic rings. The van der Waals surface area contributed by atoms with Crippen LogP contribution in [0.1, 0.15) is 18.4 Å². The van der Waals surface area contributed by atoms with Crippen molar-refractivity contribution in [3.05, 3.63) is 54.1 Å². The molecule has 1 fully saturated rings. The lowest BCUT2D eigenvalue weighted by molar-refractivity contribution is -0.125. The molecule has 3 N–H and O–H groups in total. The summed E-state index contributed by atoms with van der Waals surface area (Å²) in [7, 11) is -3.56. The molecule has 10 nitrogen and oxygen atoms in total. The van der Waals surface area contributed by atoms with Crippen molar-refractivity contribution in [1.82, 2.24) is 10.2 Å². The average Bonchev–Trinajstić information content (AvgIpc) is 3.10. The molecule has 0 radical (unpaired) electrons. The Kier molecular flexibility index (Phi) is 7.44. The van der Waals surface area contributed by atoms with Crippen LogP contribution in [0, 0.1) is 6.92 Å². The minimum Gasteiger partial charge on any atom is -0.329 e. The summed E-state index contributed by atoms with van der Waals surface area (Å²) < 4.78 is 24.7. The highest BCUT2D eigenvalue weighted by Crippen LogP contribution is 2.16. The highest BCUT2D eigenvalue weighted by molar-refractivity contribution is 7.91. The van der Waals surface area contributed by atoms with Gasteiger partial charge in [-0.3, -0.25) is 19.3 Å². The van der Waals surface area contributed by atoms with E-state index in [1.165, 1.54) is 12.1 Å². The molecular weight excluding hydrogens is 448 g/mol. The van der Waals surface area contributed by atoms with E-state index >= 15 is 0 Å². The van der Waals surface area contributed by atoms with E-state index in [0.717, 1.165) is 10.5 Å². The first-order chi connectivity index (χ1) is 15.6. The van der Waals surface area contributed by atoms with Crippen molar-refractivity contribution in [2.75, 3.05) is 29.5 Å². The number of urea groups is 1. The maximum Gasteiger partial charge on any atom is 0.324 e. The highest BCUT2D eigenvalue weighted by Gasteiger charge is 2.28. The fourth-order valence-corrected chi connectivity index (χ4v) is 4.31. The van der Waals surface area contributed by atoms with Crippen LogP contribution in [0.5, 0.6) is 0 Å². The minimum absolute atomic E-state index is 0.0177. The molecule has 0 bridgehead atoms. The van der Waals surface area contributed by atoms with Crippen LogP contribution in [0.25, 0.3) is 0 Å². The average molecular weight is 473 g/mol. The Morgan fingerprint density at radius 2 is 1.45 bits per heavy atom. The Morgan fingerprint density at radius 1 is 0.909 bits per heavy atom. The summed E-state index contributed by atoms with van der Waals surface area (Å²) in [6.07, 6.45) is -0.245. The number of rotatable bonds is 9. The van der Waals surface area contributed by atoms with Crippen molar-refractivity contribution in [2.45, 2.75) is 24.7 Å². The van der Waals surface area contributed by atoms with Gasteiger partial charge in [0.15, 0.2) is 9.84 Å². The zero-order valence-electron chi connectivity index (χ0n) is 18.0. The summed E-state index contributed by atoms with van der Waals surface area (Å²) in [4.78, 5) is 48.3. The number of aryl methyl sites for hydroxylation is 1. The van der Waals surface area contributed by atoms with Gasteiger partial charge < -0.3 is 16.0 Å². The van der Waals surface area contributed by atoms with Crippen molar-refractivity contribution < 1.29 is 27.6 Å². The predicted octanol–water partition coefficient (Wildman–Crippen LogP) is 1.68. The molecule has 0 atom stereocenters. The molecule has 1 saturated heterocycles. The van der Waals surface area contributed by atoms with Crippen LogP contribution >= 0.6 is 0 Å². The molecule has 5 amide bonds. The second kappa shape index (κ2) is 10.3. The SMILES string of the molecule is Cc1ccc(S(=O)(=O)CCC(=O)Nc2ccc(NC(=O)CCN3C(=O)CNC3=O)cc2)cc1. The third kappa shape index (κ3) is 6.62. The molecule has 2 aromatic carbocycles. The maximum absolute atomic E-state index is 12.4. The van der Waals surface area contributed by atoms with Crippen LogP contribution < -0.4 is 16.0 Å². The van der Waals surface area contributed by atoms with E-state index in [2.05, 4.69) is 16.0 Å². The summed E-state index contributed by atoms with van der Waals surface area (Å²) >= 11 is 0. The molecular formula is C22H24N4O6S. The van der Waals surface area contributed by atoms with Gasteiger partial charge >= 0.3 is 6.03 Å². The van der Waals surface area contributed by atoms with Gasteiger partial charge in [-0.05, 0) is 43.3 Å². The number of sulfone groups is 1. The second-order valence-electron chi connectivity index (χ2n) is 7.51. The normalized spacial score (nSPS) is 13.5. The fraction of sp³-hybridized carbons (Fsp3) is 0.273. The Bertz CT molecular complexity index is 1140. The maximum atomic E-state index is 12.4. The number of carbonyl (C=O) groups excluding carboxylic acids is 4. The number of carbonyl (C=O) groups is 4. The first kappa shape index (κ1) is 23.9. The fourth-order valence-electron chi connectivity index (χ4n) is 3.07.